The number of nitrogens with zero attached hydrogens (tertiary/aromatic N) is 2. The lowest BCUT2D eigenvalue weighted by atomic mass is 9.86. The van der Waals surface area contributed by atoms with Gasteiger partial charge in [-0.05, 0) is 60.3 Å². The summed E-state index contributed by atoms with van der Waals surface area (Å²) in [7, 11) is -2.40. The number of hydrogen-bond donors (Lipinski definition) is 4. The maximum Gasteiger partial charge on any atom is 0.389 e. The van der Waals surface area contributed by atoms with Crippen LogP contribution in [0.4, 0.5) is 18.0 Å². The number of hydrogen-bond acceptors (Lipinski definition) is 8. The third kappa shape index (κ3) is 12.0. The Balaban J connectivity index is 1.87. The summed E-state index contributed by atoms with van der Waals surface area (Å²) >= 11 is 1.08. The summed E-state index contributed by atoms with van der Waals surface area (Å²) in [5.41, 5.74) is -0.616. The van der Waals surface area contributed by atoms with E-state index in [1.807, 2.05) is 34.6 Å². The third-order valence-electron chi connectivity index (χ3n) is 10.2. The Bertz CT molecular complexity index is 1590. The summed E-state index contributed by atoms with van der Waals surface area (Å²) < 4.78 is 67.5. The van der Waals surface area contributed by atoms with Gasteiger partial charge in [-0.1, -0.05) is 59.6 Å². The summed E-state index contributed by atoms with van der Waals surface area (Å²) in [6, 6.07) is -2.34. The van der Waals surface area contributed by atoms with E-state index in [-0.39, 0.29) is 35.7 Å². The summed E-state index contributed by atoms with van der Waals surface area (Å²) in [5, 5.41) is 12.0. The zero-order valence-electron chi connectivity index (χ0n) is 31.8. The number of amides is 5. The molecule has 2 heterocycles. The van der Waals surface area contributed by atoms with Crippen molar-refractivity contribution in [1.82, 2.24) is 30.5 Å². The van der Waals surface area contributed by atoms with Crippen LogP contribution in [-0.4, -0.2) is 104 Å². The van der Waals surface area contributed by atoms with Crippen LogP contribution >= 0.6 is 11.3 Å². The second kappa shape index (κ2) is 18.9. The minimum Gasteiger partial charge on any atom is -0.346 e. The van der Waals surface area contributed by atoms with Crippen LogP contribution in [0.25, 0.3) is 0 Å². The van der Waals surface area contributed by atoms with E-state index in [9.17, 15) is 45.6 Å². The van der Waals surface area contributed by atoms with Crippen LogP contribution < -0.4 is 21.3 Å². The highest BCUT2D eigenvalue weighted by atomic mass is 32.2. The van der Waals surface area contributed by atoms with Crippen LogP contribution in [0.15, 0.2) is 34.4 Å². The fourth-order valence-electron chi connectivity index (χ4n) is 6.99. The molecule has 1 aliphatic heterocycles. The molecule has 1 aromatic rings. The Labute approximate surface area is 320 Å². The Morgan fingerprint density at radius 1 is 1.06 bits per heavy atom. The van der Waals surface area contributed by atoms with Crippen molar-refractivity contribution < 1.29 is 45.6 Å². The number of carbonyl (C=O) groups excluding carboxylic acids is 5. The highest BCUT2D eigenvalue weighted by Crippen LogP contribution is 2.35. The Kier molecular flexibility index (Phi) is 15.7. The number of Topliss-reactive ketones (excluding diaryl/α,β-unsaturated/α-hetero) is 1. The van der Waals surface area contributed by atoms with Crippen LogP contribution in [0.1, 0.15) is 79.6 Å². The first-order chi connectivity index (χ1) is 25.1. The molecule has 1 saturated heterocycles. The van der Waals surface area contributed by atoms with E-state index < -0.39 is 94.1 Å². The van der Waals surface area contributed by atoms with Gasteiger partial charge in [-0.25, -0.2) is 13.2 Å². The molecule has 4 N–H and O–H groups in total. The Morgan fingerprint density at radius 2 is 1.70 bits per heavy atom. The molecule has 2 aliphatic rings. The second-order valence-corrected chi connectivity index (χ2v) is 18.7. The molecule has 2 fully saturated rings. The first kappa shape index (κ1) is 44.9. The van der Waals surface area contributed by atoms with Gasteiger partial charge in [0, 0.05) is 39.1 Å². The monoisotopic (exact) mass is 804 g/mol. The molecule has 0 aromatic carbocycles. The summed E-state index contributed by atoms with van der Waals surface area (Å²) in [6.45, 7) is 12.6. The van der Waals surface area contributed by atoms with Crippen molar-refractivity contribution in [1.29, 1.82) is 0 Å². The number of halogens is 3. The minimum atomic E-state index is -4.67. The van der Waals surface area contributed by atoms with Gasteiger partial charge in [-0.2, -0.15) is 17.5 Å². The number of urea groups is 1. The first-order valence-corrected chi connectivity index (χ1v) is 20.6. The molecule has 0 radical (unpaired) electrons. The number of sulfonamides is 1. The van der Waals surface area contributed by atoms with Crippen molar-refractivity contribution >= 4 is 50.9 Å². The first-order valence-electron chi connectivity index (χ1n) is 18.3. The smallest absolute Gasteiger partial charge is 0.346 e. The molecular weight excluding hydrogens is 750 g/mol. The van der Waals surface area contributed by atoms with Gasteiger partial charge in [0.15, 0.2) is 0 Å². The predicted octanol–water partition coefficient (Wildman–Crippen LogP) is 4.21. The van der Waals surface area contributed by atoms with E-state index in [0.29, 0.717) is 19.3 Å². The average molecular weight is 805 g/mol. The number of likely N-dealkylation sites (tertiary alicyclic amines) is 1. The van der Waals surface area contributed by atoms with Crippen LogP contribution in [0.5, 0.6) is 0 Å². The van der Waals surface area contributed by atoms with Gasteiger partial charge in [0.05, 0.1) is 6.04 Å². The molecular formula is C36H55F3N6O7S2. The normalized spacial score (nSPS) is 20.0. The molecule has 0 spiro atoms. The topological polar surface area (TPSA) is 174 Å². The molecule has 1 aromatic heterocycles. The predicted molar refractivity (Wildman–Crippen MR) is 199 cm³/mol. The van der Waals surface area contributed by atoms with Gasteiger partial charge in [0.1, 0.15) is 16.3 Å². The summed E-state index contributed by atoms with van der Waals surface area (Å²) in [6.07, 6.45) is -2.47. The fourth-order valence-corrected chi connectivity index (χ4v) is 9.37. The van der Waals surface area contributed by atoms with Crippen molar-refractivity contribution in [3.63, 3.8) is 0 Å². The molecule has 304 valence electrons. The van der Waals surface area contributed by atoms with Crippen molar-refractivity contribution in [2.45, 2.75) is 114 Å². The lowest BCUT2D eigenvalue weighted by Crippen LogP contribution is -2.61. The molecule has 54 heavy (non-hydrogen) atoms. The number of nitrogens with one attached hydrogen (secondary N) is 4. The van der Waals surface area contributed by atoms with Crippen LogP contribution in [0.3, 0.4) is 0 Å². The van der Waals surface area contributed by atoms with E-state index >= 15 is 0 Å². The number of thiophene rings is 1. The van der Waals surface area contributed by atoms with E-state index in [4.69, 9.17) is 0 Å². The number of alkyl halides is 3. The maximum absolute atomic E-state index is 14.5. The standard InChI is InChI=1S/C36H55F3N6O7S2/c1-8-18-40-32(48)30(46)25(15-17-36(37,38)39)41-31(47)29-24(22(2)3)16-19-45(29)33(49)28(23-12-9-10-13-23)43-34(50)42-26(35(4,5)6)21-44(7)54(51,52)27-14-11-20-53-27/h8,11,14,20,22-26,28-29H,1,9-10,12-13,15-19,21H2,2-7H3,(H,40,48)(H,41,47)(H2,42,43,50)/t24-,25?,26-,28+,29+/m1/s1. The van der Waals surface area contributed by atoms with Crippen molar-refractivity contribution in [3.8, 4) is 0 Å². The van der Waals surface area contributed by atoms with Gasteiger partial charge in [0.2, 0.25) is 17.6 Å². The quantitative estimate of drug-likeness (QED) is 0.135. The largest absolute Gasteiger partial charge is 0.389 e. The number of carbonyl (C=O) groups is 5. The van der Waals surface area contributed by atoms with E-state index in [2.05, 4.69) is 27.8 Å². The molecule has 1 unspecified atom stereocenters. The molecule has 5 atom stereocenters. The summed E-state index contributed by atoms with van der Waals surface area (Å²) in [4.78, 5) is 69.0. The van der Waals surface area contributed by atoms with Gasteiger partial charge in [0.25, 0.3) is 15.9 Å². The van der Waals surface area contributed by atoms with E-state index in [0.717, 1.165) is 24.2 Å². The molecule has 1 aliphatic carbocycles. The van der Waals surface area contributed by atoms with Crippen LogP contribution in [0.2, 0.25) is 0 Å². The van der Waals surface area contributed by atoms with Crippen LogP contribution in [0, 0.1) is 23.2 Å². The fraction of sp³-hybridized carbons (Fsp3) is 0.694. The molecule has 0 bridgehead atoms. The van der Waals surface area contributed by atoms with Gasteiger partial charge < -0.3 is 26.2 Å². The number of ketones is 1. The Hall–Kier alpha value is -3.51. The van der Waals surface area contributed by atoms with Crippen molar-refractivity contribution in [2.24, 2.45) is 23.2 Å². The highest BCUT2D eigenvalue weighted by Gasteiger charge is 2.48. The molecule has 3 rings (SSSR count). The van der Waals surface area contributed by atoms with E-state index in [1.54, 1.807) is 11.4 Å². The SMILES string of the molecule is C=CCNC(=O)C(=O)C(CCC(F)(F)F)NC(=O)[C@@H]1[C@@H](C(C)C)CCN1C(=O)[C@@H](NC(=O)N[C@H](CN(C)S(=O)(=O)c1cccs1)C(C)(C)C)C1CCCC1. The van der Waals surface area contributed by atoms with Crippen molar-refractivity contribution in [3.05, 3.63) is 30.2 Å². The Morgan fingerprint density at radius 3 is 2.24 bits per heavy atom. The molecule has 13 nitrogen and oxygen atoms in total. The van der Waals surface area contributed by atoms with Gasteiger partial charge in [-0.15, -0.1) is 17.9 Å². The number of likely N-dealkylation sites (N-methyl/N-ethyl adjacent to an activating group) is 1. The number of rotatable bonds is 17. The highest BCUT2D eigenvalue weighted by molar-refractivity contribution is 7.91. The zero-order chi connectivity index (χ0) is 40.6. The molecule has 18 heteroatoms. The molecule has 1 saturated carbocycles. The zero-order valence-corrected chi connectivity index (χ0v) is 33.5. The molecule has 5 amide bonds. The minimum absolute atomic E-state index is 0.0660. The lowest BCUT2D eigenvalue weighted by Gasteiger charge is -2.36. The lowest BCUT2D eigenvalue weighted by molar-refractivity contribution is -0.147. The maximum atomic E-state index is 14.5. The second-order valence-electron chi connectivity index (χ2n) is 15.5. The van der Waals surface area contributed by atoms with Crippen LogP contribution in [-0.2, 0) is 29.2 Å². The van der Waals surface area contributed by atoms with Gasteiger partial charge >= 0.3 is 12.2 Å². The van der Waals surface area contributed by atoms with Crippen molar-refractivity contribution in [2.75, 3.05) is 26.7 Å². The third-order valence-corrected chi connectivity index (χ3v) is 13.4. The average Bonchev–Trinajstić information content (AvgIpc) is 3.89. The summed E-state index contributed by atoms with van der Waals surface area (Å²) in [5.74, 6) is -4.73. The van der Waals surface area contributed by atoms with E-state index in [1.165, 1.54) is 28.4 Å². The van der Waals surface area contributed by atoms with Gasteiger partial charge in [-0.3, -0.25) is 19.2 Å².